The molecule has 0 saturated heterocycles. The number of thioether (sulfide) groups is 1. The zero-order chi connectivity index (χ0) is 18.9. The summed E-state index contributed by atoms with van der Waals surface area (Å²) in [5.41, 5.74) is 0. The number of sulfone groups is 1. The van der Waals surface area contributed by atoms with Crippen molar-refractivity contribution in [2.45, 2.75) is 46.0 Å². The summed E-state index contributed by atoms with van der Waals surface area (Å²) in [6.07, 6.45) is 4.21. The predicted molar refractivity (Wildman–Crippen MR) is 117 cm³/mol. The van der Waals surface area contributed by atoms with Gasteiger partial charge in [0.15, 0.2) is 9.84 Å². The van der Waals surface area contributed by atoms with E-state index in [9.17, 15) is 8.42 Å². The Hall–Kier alpha value is 0.280. The molecule has 140 valence electrons. The fraction of sp³-hybridized carbons (Fsp3) is 0.333. The summed E-state index contributed by atoms with van der Waals surface area (Å²) in [5.74, 6) is 0. The number of halogens is 4. The topological polar surface area (TPSA) is 34.1 Å². The Labute approximate surface area is 185 Å². The summed E-state index contributed by atoms with van der Waals surface area (Å²) in [5, 5.41) is 1.78. The number of benzene rings is 2. The van der Waals surface area contributed by atoms with Crippen molar-refractivity contribution in [3.8, 4) is 0 Å². The number of hydrogen-bond donors (Lipinski definition) is 0. The quantitative estimate of drug-likeness (QED) is 0.392. The molecule has 2 aliphatic rings. The van der Waals surface area contributed by atoms with Gasteiger partial charge in [-0.3, -0.25) is 0 Å². The highest BCUT2D eigenvalue weighted by Crippen LogP contribution is 2.42. The molecule has 26 heavy (non-hydrogen) atoms. The van der Waals surface area contributed by atoms with Gasteiger partial charge in [0.25, 0.3) is 0 Å². The van der Waals surface area contributed by atoms with Gasteiger partial charge in [0.2, 0.25) is 0 Å². The molecule has 0 heterocycles. The summed E-state index contributed by atoms with van der Waals surface area (Å²) >= 11 is 20.4. The lowest BCUT2D eigenvalue weighted by Crippen LogP contribution is -2.07. The third-order valence-electron chi connectivity index (χ3n) is 3.88. The average Bonchev–Trinajstić information content (AvgIpc) is 3.45. The van der Waals surface area contributed by atoms with E-state index in [0.717, 1.165) is 32.1 Å². The molecule has 2 fully saturated rings. The van der Waals surface area contributed by atoms with Gasteiger partial charge in [-0.1, -0.05) is 55.1 Å². The lowest BCUT2D eigenvalue weighted by molar-refractivity contribution is 0.595. The second kappa shape index (κ2) is 8.75. The van der Waals surface area contributed by atoms with E-state index in [1.165, 1.54) is 17.7 Å². The van der Waals surface area contributed by atoms with Gasteiger partial charge in [-0.05, 0) is 62.1 Å². The first kappa shape index (κ1) is 21.0. The van der Waals surface area contributed by atoms with Crippen molar-refractivity contribution in [1.82, 2.24) is 0 Å². The molecular weight excluding hydrogens is 543 g/mol. The van der Waals surface area contributed by atoms with Crippen molar-refractivity contribution in [2.75, 3.05) is 0 Å². The Morgan fingerprint density at radius 1 is 0.885 bits per heavy atom. The number of hydrogen-bond acceptors (Lipinski definition) is 3. The van der Waals surface area contributed by atoms with Crippen LogP contribution < -0.4 is 0 Å². The maximum atomic E-state index is 11.8. The summed E-state index contributed by atoms with van der Waals surface area (Å²) in [7, 11) is -3.17. The van der Waals surface area contributed by atoms with E-state index < -0.39 is 9.84 Å². The Balaban J connectivity index is 0.000000152. The lowest BCUT2D eigenvalue weighted by Gasteiger charge is -2.04. The van der Waals surface area contributed by atoms with Crippen LogP contribution >= 0.6 is 66.8 Å². The minimum Gasteiger partial charge on any atom is -0.223 e. The van der Waals surface area contributed by atoms with E-state index in [2.05, 4.69) is 37.9 Å². The lowest BCUT2D eigenvalue weighted by atomic mass is 10.4. The number of rotatable bonds is 4. The molecule has 2 aliphatic carbocycles. The van der Waals surface area contributed by atoms with E-state index in [4.69, 9.17) is 23.2 Å². The van der Waals surface area contributed by atoms with Crippen LogP contribution in [-0.2, 0) is 9.84 Å². The van der Waals surface area contributed by atoms with Crippen LogP contribution in [0.2, 0.25) is 10.0 Å². The molecule has 0 unspecified atom stereocenters. The second-order valence-electron chi connectivity index (χ2n) is 6.21. The van der Waals surface area contributed by atoms with Crippen LogP contribution in [-0.4, -0.2) is 18.9 Å². The molecule has 2 nitrogen and oxygen atoms in total. The zero-order valence-electron chi connectivity index (χ0n) is 13.6. The summed E-state index contributed by atoms with van der Waals surface area (Å²) in [6.45, 7) is 0. The van der Waals surface area contributed by atoms with Crippen LogP contribution in [0.25, 0.3) is 0 Å². The van der Waals surface area contributed by atoms with Gasteiger partial charge < -0.3 is 0 Å². The van der Waals surface area contributed by atoms with Crippen LogP contribution in [0.5, 0.6) is 0 Å². The fourth-order valence-corrected chi connectivity index (χ4v) is 6.76. The normalized spacial score (nSPS) is 16.8. The Morgan fingerprint density at radius 2 is 1.46 bits per heavy atom. The van der Waals surface area contributed by atoms with Gasteiger partial charge in [0.05, 0.1) is 20.2 Å². The maximum Gasteiger partial charge on any atom is 0.182 e. The third-order valence-corrected chi connectivity index (χ3v) is 9.44. The Bertz CT molecular complexity index is 911. The maximum absolute atomic E-state index is 11.8. The second-order valence-corrected chi connectivity index (χ2v) is 12.4. The van der Waals surface area contributed by atoms with E-state index in [0.29, 0.717) is 5.02 Å². The van der Waals surface area contributed by atoms with E-state index in [-0.39, 0.29) is 10.1 Å². The van der Waals surface area contributed by atoms with E-state index in [1.54, 1.807) is 18.2 Å². The van der Waals surface area contributed by atoms with Crippen molar-refractivity contribution < 1.29 is 8.42 Å². The smallest absolute Gasteiger partial charge is 0.182 e. The van der Waals surface area contributed by atoms with Gasteiger partial charge in [0, 0.05) is 19.1 Å². The first-order chi connectivity index (χ1) is 12.3. The van der Waals surface area contributed by atoms with Gasteiger partial charge in [0.1, 0.15) is 0 Å². The minimum absolute atomic E-state index is 0.207. The predicted octanol–water partition coefficient (Wildman–Crippen LogP) is 7.40. The van der Waals surface area contributed by atoms with Gasteiger partial charge in [-0.2, -0.15) is 0 Å². The van der Waals surface area contributed by atoms with Crippen LogP contribution in [0.1, 0.15) is 25.7 Å². The molecule has 4 rings (SSSR count). The molecule has 0 N–H and O–H groups in total. The van der Waals surface area contributed by atoms with Crippen molar-refractivity contribution in [3.63, 3.8) is 0 Å². The Morgan fingerprint density at radius 3 is 1.96 bits per heavy atom. The minimum atomic E-state index is -3.17. The van der Waals surface area contributed by atoms with Crippen molar-refractivity contribution in [3.05, 3.63) is 55.4 Å². The molecular formula is C18H16Br2Cl2O2S2. The molecule has 2 aromatic carbocycles. The van der Waals surface area contributed by atoms with Crippen molar-refractivity contribution >= 4 is 76.7 Å². The largest absolute Gasteiger partial charge is 0.223 e. The Kier molecular flexibility index (Phi) is 7.06. The molecule has 0 amide bonds. The summed E-state index contributed by atoms with van der Waals surface area (Å²) in [4.78, 5) is 1.47. The average molecular weight is 559 g/mol. The molecule has 0 atom stereocenters. The molecule has 0 bridgehead atoms. The first-order valence-electron chi connectivity index (χ1n) is 8.08. The highest BCUT2D eigenvalue weighted by Gasteiger charge is 2.37. The van der Waals surface area contributed by atoms with Gasteiger partial charge >= 0.3 is 0 Å². The van der Waals surface area contributed by atoms with Crippen LogP contribution in [0.3, 0.4) is 0 Å². The molecule has 2 saturated carbocycles. The molecule has 8 heteroatoms. The summed E-state index contributed by atoms with van der Waals surface area (Å²) < 4.78 is 25.5. The van der Waals surface area contributed by atoms with Crippen LogP contribution in [0.15, 0.2) is 55.1 Å². The highest BCUT2D eigenvalue weighted by molar-refractivity contribution is 9.10. The molecule has 0 aliphatic heterocycles. The van der Waals surface area contributed by atoms with Crippen molar-refractivity contribution in [2.24, 2.45) is 0 Å². The highest BCUT2D eigenvalue weighted by atomic mass is 79.9. The van der Waals surface area contributed by atoms with E-state index in [1.807, 2.05) is 23.9 Å². The molecule has 0 spiro atoms. The van der Waals surface area contributed by atoms with Crippen molar-refractivity contribution in [1.29, 1.82) is 0 Å². The molecule has 2 aromatic rings. The van der Waals surface area contributed by atoms with Crippen LogP contribution in [0.4, 0.5) is 0 Å². The van der Waals surface area contributed by atoms with Crippen LogP contribution in [0, 0.1) is 0 Å². The summed E-state index contributed by atoms with van der Waals surface area (Å²) in [6, 6.07) is 10.9. The third kappa shape index (κ3) is 5.65. The molecule has 0 radical (unpaired) electrons. The monoisotopic (exact) mass is 556 g/mol. The SMILES string of the molecule is Clc1cc(Br)ccc1SC1CC1.O=S(=O)(c1ccc(Br)cc1Cl)C1CC1. The van der Waals surface area contributed by atoms with Gasteiger partial charge in [-0.25, -0.2) is 8.42 Å². The molecule has 0 aromatic heterocycles. The van der Waals surface area contributed by atoms with E-state index >= 15 is 0 Å². The first-order valence-corrected chi connectivity index (χ1v) is 12.8. The standard InChI is InChI=1S/C9H8BrClO2S.C9H8BrClS/c10-6-1-4-9(8(11)5-6)14(12,13)7-2-3-7;10-6-1-4-9(8(11)5-6)12-7-2-3-7/h1,4-5,7H,2-3H2;1,4-5,7H,2-3H2. The fourth-order valence-electron chi connectivity index (χ4n) is 2.20. The van der Waals surface area contributed by atoms with Gasteiger partial charge in [-0.15, -0.1) is 11.8 Å². The zero-order valence-corrected chi connectivity index (χ0v) is 19.9.